The van der Waals surface area contributed by atoms with Gasteiger partial charge in [0.15, 0.2) is 0 Å². The van der Waals surface area contributed by atoms with Gasteiger partial charge < -0.3 is 14.2 Å². The van der Waals surface area contributed by atoms with E-state index in [2.05, 4.69) is 9.55 Å². The molecule has 118 valence electrons. The first-order valence-corrected chi connectivity index (χ1v) is 7.92. The van der Waals surface area contributed by atoms with Crippen LogP contribution < -0.4 is 0 Å². The number of fused-ring (bicyclic) bond motifs is 1. The van der Waals surface area contributed by atoms with Gasteiger partial charge in [0, 0.05) is 13.1 Å². The summed E-state index contributed by atoms with van der Waals surface area (Å²) in [6.45, 7) is 6.86. The molecule has 6 heteroatoms. The van der Waals surface area contributed by atoms with Gasteiger partial charge in [-0.2, -0.15) is 0 Å². The lowest BCUT2D eigenvalue weighted by atomic mass is 10.1. The summed E-state index contributed by atoms with van der Waals surface area (Å²) in [5, 5.41) is 0. The highest BCUT2D eigenvalue weighted by Gasteiger charge is 2.36. The van der Waals surface area contributed by atoms with Crippen molar-refractivity contribution in [2.75, 3.05) is 13.1 Å². The van der Waals surface area contributed by atoms with Gasteiger partial charge in [0.25, 0.3) is 0 Å². The van der Waals surface area contributed by atoms with Crippen LogP contribution in [0, 0.1) is 0 Å². The summed E-state index contributed by atoms with van der Waals surface area (Å²) in [4.78, 5) is 18.3. The summed E-state index contributed by atoms with van der Waals surface area (Å²) >= 11 is 6.03. The molecule has 0 bridgehead atoms. The molecular weight excluding hydrogens is 302 g/mol. The van der Waals surface area contributed by atoms with Gasteiger partial charge in [-0.25, -0.2) is 9.78 Å². The van der Waals surface area contributed by atoms with Crippen LogP contribution in [0.5, 0.6) is 0 Å². The van der Waals surface area contributed by atoms with Crippen molar-refractivity contribution >= 4 is 28.7 Å². The molecule has 5 nitrogen and oxygen atoms in total. The van der Waals surface area contributed by atoms with Gasteiger partial charge in [-0.3, -0.25) is 0 Å². The fourth-order valence-corrected chi connectivity index (χ4v) is 2.88. The summed E-state index contributed by atoms with van der Waals surface area (Å²) in [7, 11) is 0. The van der Waals surface area contributed by atoms with Crippen molar-refractivity contribution in [2.24, 2.45) is 0 Å². The van der Waals surface area contributed by atoms with Crippen LogP contribution in [0.25, 0.3) is 11.0 Å². The highest BCUT2D eigenvalue weighted by Crippen LogP contribution is 2.29. The summed E-state index contributed by atoms with van der Waals surface area (Å²) in [6.07, 6.45) is -0.263. The van der Waals surface area contributed by atoms with Crippen LogP contribution in [0.3, 0.4) is 0 Å². The van der Waals surface area contributed by atoms with Crippen LogP contribution in [-0.2, 0) is 10.6 Å². The molecule has 0 N–H and O–H groups in total. The quantitative estimate of drug-likeness (QED) is 0.794. The number of para-hydroxylation sites is 2. The van der Waals surface area contributed by atoms with Crippen molar-refractivity contribution in [1.82, 2.24) is 14.5 Å². The number of rotatable bonds is 2. The predicted octanol–water partition coefficient (Wildman–Crippen LogP) is 3.57. The second-order valence-corrected chi connectivity index (χ2v) is 6.83. The molecule has 0 radical (unpaired) electrons. The number of benzene rings is 1. The fraction of sp³-hybridized carbons (Fsp3) is 0.500. The molecule has 1 amide bonds. The first-order valence-electron chi connectivity index (χ1n) is 7.39. The van der Waals surface area contributed by atoms with E-state index < -0.39 is 5.60 Å². The molecule has 0 spiro atoms. The smallest absolute Gasteiger partial charge is 0.410 e. The molecule has 0 atom stereocenters. The third kappa shape index (κ3) is 2.77. The van der Waals surface area contributed by atoms with Gasteiger partial charge in [0.05, 0.1) is 23.0 Å². The first kappa shape index (κ1) is 15.2. The Morgan fingerprint density at radius 1 is 1.36 bits per heavy atom. The van der Waals surface area contributed by atoms with Gasteiger partial charge in [-0.05, 0) is 32.9 Å². The molecule has 3 rings (SSSR count). The zero-order chi connectivity index (χ0) is 15.9. The Hall–Kier alpha value is -1.75. The number of aromatic nitrogens is 2. The Kier molecular flexibility index (Phi) is 3.77. The number of carbonyl (C=O) groups is 1. The van der Waals surface area contributed by atoms with Gasteiger partial charge >= 0.3 is 6.09 Å². The van der Waals surface area contributed by atoms with Gasteiger partial charge in [-0.1, -0.05) is 12.1 Å². The molecule has 0 unspecified atom stereocenters. The third-order valence-electron chi connectivity index (χ3n) is 3.67. The molecule has 22 heavy (non-hydrogen) atoms. The number of ether oxygens (including phenoxy) is 1. The number of halogens is 1. The Morgan fingerprint density at radius 2 is 2.05 bits per heavy atom. The minimum Gasteiger partial charge on any atom is -0.444 e. The van der Waals surface area contributed by atoms with E-state index in [1.54, 1.807) is 4.90 Å². The van der Waals surface area contributed by atoms with E-state index in [1.165, 1.54) is 0 Å². The lowest BCUT2D eigenvalue weighted by molar-refractivity contribution is 0.00126. The van der Waals surface area contributed by atoms with Crippen LogP contribution >= 0.6 is 11.6 Å². The molecule has 1 aliphatic rings. The summed E-state index contributed by atoms with van der Waals surface area (Å²) in [5.41, 5.74) is 1.53. The second-order valence-electron chi connectivity index (χ2n) is 6.56. The van der Waals surface area contributed by atoms with Crippen molar-refractivity contribution < 1.29 is 9.53 Å². The number of carbonyl (C=O) groups excluding carboxylic acids is 1. The third-order valence-corrected chi connectivity index (χ3v) is 3.91. The van der Waals surface area contributed by atoms with Gasteiger partial charge in [0.2, 0.25) is 0 Å². The molecule has 2 aromatic rings. The maximum absolute atomic E-state index is 12.0. The first-order chi connectivity index (χ1) is 10.4. The number of imidazole rings is 1. The molecule has 2 heterocycles. The highest BCUT2D eigenvalue weighted by atomic mass is 35.5. The maximum atomic E-state index is 12.0. The van der Waals surface area contributed by atoms with E-state index in [1.807, 2.05) is 45.0 Å². The van der Waals surface area contributed by atoms with E-state index in [0.29, 0.717) is 19.0 Å². The Balaban J connectivity index is 1.77. The van der Waals surface area contributed by atoms with Crippen LogP contribution in [0.2, 0.25) is 0 Å². The Labute approximate surface area is 134 Å². The van der Waals surface area contributed by atoms with Crippen molar-refractivity contribution in [2.45, 2.75) is 38.3 Å². The SMILES string of the molecule is CC(C)(C)OC(=O)N1CC(n2c(CCl)nc3ccccc32)C1. The highest BCUT2D eigenvalue weighted by molar-refractivity contribution is 6.16. The van der Waals surface area contributed by atoms with E-state index >= 15 is 0 Å². The predicted molar refractivity (Wildman–Crippen MR) is 86.1 cm³/mol. The lowest BCUT2D eigenvalue weighted by Crippen LogP contribution is -2.52. The second kappa shape index (κ2) is 5.47. The number of alkyl halides is 1. The fourth-order valence-electron chi connectivity index (χ4n) is 2.69. The maximum Gasteiger partial charge on any atom is 0.410 e. The molecular formula is C16H20ClN3O2. The van der Waals surface area contributed by atoms with E-state index in [4.69, 9.17) is 16.3 Å². The topological polar surface area (TPSA) is 47.4 Å². The molecule has 1 aromatic heterocycles. The van der Waals surface area contributed by atoms with Crippen molar-refractivity contribution in [1.29, 1.82) is 0 Å². The van der Waals surface area contributed by atoms with Crippen LogP contribution in [-0.4, -0.2) is 39.2 Å². The zero-order valence-corrected chi connectivity index (χ0v) is 13.8. The van der Waals surface area contributed by atoms with Crippen LogP contribution in [0.15, 0.2) is 24.3 Å². The Morgan fingerprint density at radius 3 is 2.68 bits per heavy atom. The van der Waals surface area contributed by atoms with Crippen molar-refractivity contribution in [3.63, 3.8) is 0 Å². The number of hydrogen-bond acceptors (Lipinski definition) is 3. The van der Waals surface area contributed by atoms with Crippen molar-refractivity contribution in [3.05, 3.63) is 30.1 Å². The zero-order valence-electron chi connectivity index (χ0n) is 13.0. The van der Waals surface area contributed by atoms with Crippen LogP contribution in [0.1, 0.15) is 32.6 Å². The average Bonchev–Trinajstić information content (AvgIpc) is 2.74. The van der Waals surface area contributed by atoms with E-state index in [0.717, 1.165) is 16.9 Å². The Bertz CT molecular complexity index is 699. The van der Waals surface area contributed by atoms with E-state index in [9.17, 15) is 4.79 Å². The summed E-state index contributed by atoms with van der Waals surface area (Å²) < 4.78 is 7.53. The number of amides is 1. The summed E-state index contributed by atoms with van der Waals surface area (Å²) in [5.74, 6) is 1.20. The minimum atomic E-state index is -0.467. The molecule has 1 aromatic carbocycles. The number of likely N-dealkylation sites (tertiary alicyclic amines) is 1. The molecule has 1 saturated heterocycles. The standard InChI is InChI=1S/C16H20ClN3O2/c1-16(2,3)22-15(21)19-9-11(10-19)20-13-7-5-4-6-12(13)18-14(20)8-17/h4-7,11H,8-10H2,1-3H3. The van der Waals surface area contributed by atoms with Gasteiger partial charge in [-0.15, -0.1) is 11.6 Å². The van der Waals surface area contributed by atoms with Crippen LogP contribution in [0.4, 0.5) is 4.79 Å². The number of nitrogens with zero attached hydrogens (tertiary/aromatic N) is 3. The largest absolute Gasteiger partial charge is 0.444 e. The minimum absolute atomic E-state index is 0.202. The van der Waals surface area contributed by atoms with E-state index in [-0.39, 0.29) is 12.1 Å². The molecule has 0 saturated carbocycles. The molecule has 1 fully saturated rings. The molecule has 1 aliphatic heterocycles. The number of hydrogen-bond donors (Lipinski definition) is 0. The van der Waals surface area contributed by atoms with Gasteiger partial charge in [0.1, 0.15) is 11.4 Å². The average molecular weight is 322 g/mol. The normalized spacial score (nSPS) is 15.9. The molecule has 0 aliphatic carbocycles. The van der Waals surface area contributed by atoms with Crippen molar-refractivity contribution in [3.8, 4) is 0 Å². The monoisotopic (exact) mass is 321 g/mol. The summed E-state index contributed by atoms with van der Waals surface area (Å²) in [6, 6.07) is 8.17. The lowest BCUT2D eigenvalue weighted by Gasteiger charge is -2.41.